The van der Waals surface area contributed by atoms with Gasteiger partial charge in [-0.3, -0.25) is 0 Å². The van der Waals surface area contributed by atoms with Crippen molar-refractivity contribution in [2.45, 2.75) is 97.1 Å². The van der Waals surface area contributed by atoms with E-state index in [1.54, 1.807) is 0 Å². The summed E-state index contributed by atoms with van der Waals surface area (Å²) in [5.41, 5.74) is 2.87. The molecule has 1 aromatic heterocycles. The number of hydrogen-bond acceptors (Lipinski definition) is 4. The number of unbranched alkanes of at least 4 members (excludes halogenated alkanes) is 9. The number of nitrogens with zero attached hydrogens (tertiary/aromatic N) is 2. The number of aromatic nitrogens is 2. The Labute approximate surface area is 229 Å². The normalized spacial score (nSPS) is 11.9. The molecule has 0 N–H and O–H groups in total. The molecule has 0 radical (unpaired) electrons. The van der Waals surface area contributed by atoms with Crippen molar-refractivity contribution in [2.75, 3.05) is 13.2 Å². The molecule has 0 saturated carbocycles. The van der Waals surface area contributed by atoms with E-state index < -0.39 is 6.17 Å². The van der Waals surface area contributed by atoms with E-state index in [0.29, 0.717) is 18.0 Å². The van der Waals surface area contributed by atoms with Crippen LogP contribution in [0.1, 0.15) is 90.9 Å². The number of ether oxygens (including phenoxy) is 2. The summed E-state index contributed by atoms with van der Waals surface area (Å²) in [6.45, 7) is 5.18. The third-order valence-corrected chi connectivity index (χ3v) is 6.77. The van der Waals surface area contributed by atoms with Gasteiger partial charge in [-0.2, -0.15) is 0 Å². The Morgan fingerprint density at radius 1 is 0.605 bits per heavy atom. The van der Waals surface area contributed by atoms with Gasteiger partial charge in [0.2, 0.25) is 0 Å². The van der Waals surface area contributed by atoms with Crippen LogP contribution < -0.4 is 9.47 Å². The summed E-state index contributed by atoms with van der Waals surface area (Å²) in [5, 5.41) is 0. The van der Waals surface area contributed by atoms with Gasteiger partial charge in [-0.25, -0.2) is 14.4 Å². The van der Waals surface area contributed by atoms with E-state index in [1.165, 1.54) is 51.4 Å². The molecule has 4 nitrogen and oxygen atoms in total. The molecule has 3 rings (SSSR count). The van der Waals surface area contributed by atoms with Crippen LogP contribution in [0.15, 0.2) is 60.9 Å². The van der Waals surface area contributed by atoms with Gasteiger partial charge in [0.1, 0.15) is 24.3 Å². The molecule has 2 aromatic carbocycles. The summed E-state index contributed by atoms with van der Waals surface area (Å²) >= 11 is 0. The van der Waals surface area contributed by atoms with Crippen LogP contribution in [0.5, 0.6) is 11.5 Å². The van der Waals surface area contributed by atoms with E-state index in [-0.39, 0.29) is 6.61 Å². The molecule has 38 heavy (non-hydrogen) atoms. The smallest absolute Gasteiger partial charge is 0.159 e. The fraction of sp³-hybridized carbons (Fsp3) is 0.515. The summed E-state index contributed by atoms with van der Waals surface area (Å²) in [6, 6.07) is 15.6. The second-order valence-electron chi connectivity index (χ2n) is 10.1. The molecule has 5 heteroatoms. The second-order valence-corrected chi connectivity index (χ2v) is 10.1. The Kier molecular flexibility index (Phi) is 13.7. The van der Waals surface area contributed by atoms with Gasteiger partial charge in [-0.05, 0) is 54.8 Å². The highest BCUT2D eigenvalue weighted by atomic mass is 19.1. The average molecular weight is 521 g/mol. The lowest BCUT2D eigenvalue weighted by atomic mass is 10.1. The first-order valence-electron chi connectivity index (χ1n) is 14.6. The van der Waals surface area contributed by atoms with Gasteiger partial charge in [0.15, 0.2) is 5.82 Å². The monoisotopic (exact) mass is 520 g/mol. The molecule has 3 aromatic rings. The van der Waals surface area contributed by atoms with Crippen LogP contribution in [-0.2, 0) is 0 Å². The number of halogens is 1. The van der Waals surface area contributed by atoms with Crippen LogP contribution in [0.2, 0.25) is 0 Å². The molecule has 1 atom stereocenters. The van der Waals surface area contributed by atoms with Crippen molar-refractivity contribution in [3.05, 3.63) is 60.9 Å². The van der Waals surface area contributed by atoms with Crippen molar-refractivity contribution in [2.24, 2.45) is 0 Å². The second kappa shape index (κ2) is 17.5. The Bertz CT molecular complexity index is 1010. The number of benzene rings is 2. The van der Waals surface area contributed by atoms with E-state index in [0.717, 1.165) is 48.3 Å². The van der Waals surface area contributed by atoms with Crippen molar-refractivity contribution >= 4 is 0 Å². The molecular weight excluding hydrogens is 475 g/mol. The number of hydrogen-bond donors (Lipinski definition) is 0. The highest BCUT2D eigenvalue weighted by Crippen LogP contribution is 2.24. The first kappa shape index (κ1) is 29.6. The van der Waals surface area contributed by atoms with Crippen molar-refractivity contribution < 1.29 is 13.9 Å². The summed E-state index contributed by atoms with van der Waals surface area (Å²) in [6.07, 6.45) is 17.0. The third kappa shape index (κ3) is 10.8. The van der Waals surface area contributed by atoms with Gasteiger partial charge in [-0.1, -0.05) is 90.2 Å². The lowest BCUT2D eigenvalue weighted by molar-refractivity contribution is 0.184. The van der Waals surface area contributed by atoms with Crippen molar-refractivity contribution in [3.63, 3.8) is 0 Å². The molecule has 1 unspecified atom stereocenters. The average Bonchev–Trinajstić information content (AvgIpc) is 2.96. The first-order chi connectivity index (χ1) is 18.7. The number of alkyl halides is 1. The van der Waals surface area contributed by atoms with E-state index in [9.17, 15) is 4.39 Å². The molecule has 0 bridgehead atoms. The minimum atomic E-state index is -0.920. The molecule has 0 fully saturated rings. The Morgan fingerprint density at radius 2 is 1.13 bits per heavy atom. The highest BCUT2D eigenvalue weighted by molar-refractivity contribution is 5.64. The third-order valence-electron chi connectivity index (χ3n) is 6.77. The van der Waals surface area contributed by atoms with Crippen LogP contribution in [0.25, 0.3) is 22.5 Å². The van der Waals surface area contributed by atoms with Gasteiger partial charge in [0.05, 0.1) is 6.61 Å². The SMILES string of the molecule is CCCCCCCCCCCOc1ccc(-c2ncc(-c3ccc(OCC(F)CCCC)cc3)cn2)cc1. The van der Waals surface area contributed by atoms with Gasteiger partial charge >= 0.3 is 0 Å². The Morgan fingerprint density at radius 3 is 1.74 bits per heavy atom. The minimum Gasteiger partial charge on any atom is -0.494 e. The lowest BCUT2D eigenvalue weighted by Crippen LogP contribution is -2.12. The summed E-state index contributed by atoms with van der Waals surface area (Å²) < 4.78 is 25.3. The van der Waals surface area contributed by atoms with Gasteiger partial charge in [-0.15, -0.1) is 0 Å². The molecule has 1 heterocycles. The fourth-order valence-corrected chi connectivity index (χ4v) is 4.37. The minimum absolute atomic E-state index is 0.0975. The maximum Gasteiger partial charge on any atom is 0.159 e. The number of rotatable bonds is 19. The van der Waals surface area contributed by atoms with E-state index in [1.807, 2.05) is 60.9 Å². The Hall–Kier alpha value is -2.95. The van der Waals surface area contributed by atoms with Crippen molar-refractivity contribution in [1.29, 1.82) is 0 Å². The lowest BCUT2D eigenvalue weighted by Gasteiger charge is -2.10. The van der Waals surface area contributed by atoms with Gasteiger partial charge < -0.3 is 9.47 Å². The molecular formula is C33H45FN2O2. The van der Waals surface area contributed by atoms with E-state index in [4.69, 9.17) is 9.47 Å². The molecule has 0 aliphatic heterocycles. The molecule has 0 aliphatic rings. The predicted octanol–water partition coefficient (Wildman–Crippen LogP) is 9.63. The first-order valence-corrected chi connectivity index (χ1v) is 14.6. The zero-order valence-corrected chi connectivity index (χ0v) is 23.3. The zero-order chi connectivity index (χ0) is 26.8. The van der Waals surface area contributed by atoms with Crippen LogP contribution in [-0.4, -0.2) is 29.4 Å². The zero-order valence-electron chi connectivity index (χ0n) is 23.3. The van der Waals surface area contributed by atoms with Crippen LogP contribution in [0.4, 0.5) is 4.39 Å². The molecule has 0 aliphatic carbocycles. The molecule has 0 amide bonds. The van der Waals surface area contributed by atoms with E-state index in [2.05, 4.69) is 23.8 Å². The fourth-order valence-electron chi connectivity index (χ4n) is 4.37. The van der Waals surface area contributed by atoms with Gasteiger partial charge in [0.25, 0.3) is 0 Å². The van der Waals surface area contributed by atoms with Gasteiger partial charge in [0, 0.05) is 23.5 Å². The summed E-state index contributed by atoms with van der Waals surface area (Å²) in [5.74, 6) is 2.24. The summed E-state index contributed by atoms with van der Waals surface area (Å²) in [4.78, 5) is 9.12. The topological polar surface area (TPSA) is 44.2 Å². The summed E-state index contributed by atoms with van der Waals surface area (Å²) in [7, 11) is 0. The maximum absolute atomic E-state index is 13.8. The van der Waals surface area contributed by atoms with Crippen molar-refractivity contribution in [1.82, 2.24) is 9.97 Å². The maximum atomic E-state index is 13.8. The van der Waals surface area contributed by atoms with Crippen LogP contribution >= 0.6 is 0 Å². The standard InChI is InChI=1S/C33H45FN2O2/c1-3-5-7-8-9-10-11-12-13-23-37-31-21-17-28(18-22-31)33-35-24-29(25-36-33)27-15-19-32(20-16-27)38-26-30(34)14-6-4-2/h15-22,24-25,30H,3-14,23,26H2,1-2H3. The van der Waals surface area contributed by atoms with Crippen LogP contribution in [0.3, 0.4) is 0 Å². The quantitative estimate of drug-likeness (QED) is 0.148. The van der Waals surface area contributed by atoms with Crippen molar-refractivity contribution in [3.8, 4) is 34.0 Å². The van der Waals surface area contributed by atoms with E-state index >= 15 is 0 Å². The Balaban J connectivity index is 1.39. The predicted molar refractivity (Wildman–Crippen MR) is 156 cm³/mol. The molecule has 0 spiro atoms. The highest BCUT2D eigenvalue weighted by Gasteiger charge is 2.08. The molecule has 0 saturated heterocycles. The molecule has 206 valence electrons. The van der Waals surface area contributed by atoms with Crippen LogP contribution in [0, 0.1) is 0 Å². The largest absolute Gasteiger partial charge is 0.494 e.